The van der Waals surface area contributed by atoms with Crippen molar-refractivity contribution in [1.29, 1.82) is 0 Å². The van der Waals surface area contributed by atoms with Crippen molar-refractivity contribution in [2.45, 2.75) is 6.92 Å². The molecule has 5 aromatic rings. The first kappa shape index (κ1) is 14.8. The van der Waals surface area contributed by atoms with Crippen LogP contribution in [0.15, 0.2) is 78.9 Å². The Morgan fingerprint density at radius 2 is 1.35 bits per heavy atom. The van der Waals surface area contributed by atoms with Gasteiger partial charge in [0.05, 0.1) is 22.4 Å². The number of nitrogens with one attached hydrogen (secondary N) is 1. The fraction of sp³-hybridized carbons (Fsp3) is 0.0435. The summed E-state index contributed by atoms with van der Waals surface area (Å²) in [6.45, 7) is 2.02. The van der Waals surface area contributed by atoms with Gasteiger partial charge < -0.3 is 4.98 Å². The van der Waals surface area contributed by atoms with Crippen molar-refractivity contribution in [2.75, 3.05) is 0 Å². The number of aromatic amines is 1. The molecular formula is C23H17N3. The Kier molecular flexibility index (Phi) is 3.32. The minimum Gasteiger partial charge on any atom is -0.353 e. The third-order valence-corrected chi connectivity index (χ3v) is 4.75. The zero-order valence-corrected chi connectivity index (χ0v) is 14.4. The van der Waals surface area contributed by atoms with Gasteiger partial charge in [-0.05, 0) is 30.7 Å². The monoisotopic (exact) mass is 335 g/mol. The van der Waals surface area contributed by atoms with Crippen molar-refractivity contribution in [1.82, 2.24) is 15.0 Å². The molecule has 0 aliphatic heterocycles. The number of aromatic nitrogens is 3. The maximum absolute atomic E-state index is 4.93. The second kappa shape index (κ2) is 5.81. The van der Waals surface area contributed by atoms with Gasteiger partial charge in [-0.2, -0.15) is 0 Å². The van der Waals surface area contributed by atoms with Crippen LogP contribution < -0.4 is 0 Å². The minimum absolute atomic E-state index is 0.902. The van der Waals surface area contributed by atoms with Crippen LogP contribution in [0.3, 0.4) is 0 Å². The first-order valence-electron chi connectivity index (χ1n) is 8.71. The van der Waals surface area contributed by atoms with E-state index in [4.69, 9.17) is 9.97 Å². The van der Waals surface area contributed by atoms with E-state index >= 15 is 0 Å². The van der Waals surface area contributed by atoms with E-state index in [-0.39, 0.29) is 0 Å². The lowest BCUT2D eigenvalue weighted by Gasteiger charge is -2.09. The molecule has 2 heterocycles. The third-order valence-electron chi connectivity index (χ3n) is 4.75. The number of hydrogen-bond acceptors (Lipinski definition) is 2. The van der Waals surface area contributed by atoms with E-state index in [1.165, 1.54) is 16.5 Å². The summed E-state index contributed by atoms with van der Waals surface area (Å²) < 4.78 is 0. The molecule has 0 aliphatic carbocycles. The molecule has 0 fully saturated rings. The molecule has 2 aromatic heterocycles. The zero-order chi connectivity index (χ0) is 17.5. The van der Waals surface area contributed by atoms with Gasteiger partial charge in [0, 0.05) is 16.5 Å². The average Bonchev–Trinajstić information content (AvgIpc) is 3.07. The highest BCUT2D eigenvalue weighted by molar-refractivity contribution is 6.03. The molecule has 0 atom stereocenters. The molecule has 0 saturated carbocycles. The summed E-state index contributed by atoms with van der Waals surface area (Å²) in [6.07, 6.45) is 0. The third kappa shape index (κ3) is 2.29. The molecule has 3 heteroatoms. The fourth-order valence-electron chi connectivity index (χ4n) is 3.55. The lowest BCUT2D eigenvalue weighted by Crippen LogP contribution is -1.95. The summed E-state index contributed by atoms with van der Waals surface area (Å²) >= 11 is 0. The van der Waals surface area contributed by atoms with Crippen LogP contribution in [0, 0.1) is 6.92 Å². The maximum Gasteiger partial charge on any atom is 0.109 e. The summed E-state index contributed by atoms with van der Waals surface area (Å²) in [6, 6.07) is 26.9. The van der Waals surface area contributed by atoms with Crippen molar-refractivity contribution in [3.8, 4) is 22.5 Å². The predicted molar refractivity (Wildman–Crippen MR) is 107 cm³/mol. The highest BCUT2D eigenvalue weighted by atomic mass is 14.9. The highest BCUT2D eigenvalue weighted by Crippen LogP contribution is 2.38. The van der Waals surface area contributed by atoms with Gasteiger partial charge in [-0.3, -0.25) is 0 Å². The first-order chi connectivity index (χ1) is 12.8. The Morgan fingerprint density at radius 1 is 0.692 bits per heavy atom. The van der Waals surface area contributed by atoms with Crippen molar-refractivity contribution in [2.24, 2.45) is 0 Å². The summed E-state index contributed by atoms with van der Waals surface area (Å²) in [5.74, 6) is 0. The van der Waals surface area contributed by atoms with E-state index in [1.807, 2.05) is 37.3 Å². The second-order valence-electron chi connectivity index (χ2n) is 6.43. The fourth-order valence-corrected chi connectivity index (χ4v) is 3.55. The van der Waals surface area contributed by atoms with Gasteiger partial charge in [0.2, 0.25) is 0 Å². The number of para-hydroxylation sites is 3. The highest BCUT2D eigenvalue weighted by Gasteiger charge is 2.18. The number of hydrogen-bond donors (Lipinski definition) is 1. The number of aryl methyl sites for hydroxylation is 1. The topological polar surface area (TPSA) is 41.6 Å². The first-order valence-corrected chi connectivity index (χ1v) is 8.71. The molecule has 0 amide bonds. The number of rotatable bonds is 2. The molecule has 5 rings (SSSR count). The molecule has 3 aromatic carbocycles. The van der Waals surface area contributed by atoms with Crippen LogP contribution >= 0.6 is 0 Å². The van der Waals surface area contributed by atoms with Gasteiger partial charge in [-0.1, -0.05) is 60.7 Å². The van der Waals surface area contributed by atoms with E-state index in [0.717, 1.165) is 33.6 Å². The van der Waals surface area contributed by atoms with Crippen LogP contribution in [0.1, 0.15) is 5.69 Å². The molecule has 0 aliphatic rings. The van der Waals surface area contributed by atoms with Crippen molar-refractivity contribution >= 4 is 21.9 Å². The molecule has 0 bridgehead atoms. The lowest BCUT2D eigenvalue weighted by atomic mass is 10.00. The Hall–Kier alpha value is -3.46. The Balaban J connectivity index is 1.87. The minimum atomic E-state index is 0.902. The largest absolute Gasteiger partial charge is 0.353 e. The molecule has 124 valence electrons. The zero-order valence-electron chi connectivity index (χ0n) is 14.4. The van der Waals surface area contributed by atoms with Crippen LogP contribution in [-0.4, -0.2) is 15.0 Å². The van der Waals surface area contributed by atoms with Crippen LogP contribution in [-0.2, 0) is 0 Å². The second-order valence-corrected chi connectivity index (χ2v) is 6.43. The van der Waals surface area contributed by atoms with E-state index in [2.05, 4.69) is 53.5 Å². The summed E-state index contributed by atoms with van der Waals surface area (Å²) in [5.41, 5.74) is 8.13. The van der Waals surface area contributed by atoms with E-state index < -0.39 is 0 Å². The maximum atomic E-state index is 4.93. The molecular weight excluding hydrogens is 318 g/mol. The lowest BCUT2D eigenvalue weighted by molar-refractivity contribution is 1.18. The SMILES string of the molecule is Cc1nc2ccccc2nc1-c1[nH]c2ccccc2c1-c1ccccc1. The summed E-state index contributed by atoms with van der Waals surface area (Å²) in [7, 11) is 0. The molecule has 3 nitrogen and oxygen atoms in total. The van der Waals surface area contributed by atoms with Crippen molar-refractivity contribution in [3.63, 3.8) is 0 Å². The van der Waals surface area contributed by atoms with Gasteiger partial charge in [0.25, 0.3) is 0 Å². The molecule has 0 radical (unpaired) electrons. The van der Waals surface area contributed by atoms with E-state index in [0.29, 0.717) is 0 Å². The van der Waals surface area contributed by atoms with Crippen LogP contribution in [0.4, 0.5) is 0 Å². The standard InChI is InChI=1S/C23H17N3/c1-15-22(26-20-14-8-7-13-19(20)24-15)23-21(16-9-3-2-4-10-16)17-11-5-6-12-18(17)25-23/h2-14,25H,1H3. The summed E-state index contributed by atoms with van der Waals surface area (Å²) in [5, 5.41) is 1.20. The van der Waals surface area contributed by atoms with E-state index in [1.54, 1.807) is 0 Å². The quantitative estimate of drug-likeness (QED) is 0.446. The van der Waals surface area contributed by atoms with Gasteiger partial charge in [0.15, 0.2) is 0 Å². The number of fused-ring (bicyclic) bond motifs is 2. The average molecular weight is 335 g/mol. The predicted octanol–water partition coefficient (Wildman–Crippen LogP) is 5.75. The normalized spacial score (nSPS) is 11.3. The van der Waals surface area contributed by atoms with Gasteiger partial charge in [0.1, 0.15) is 5.69 Å². The van der Waals surface area contributed by atoms with E-state index in [9.17, 15) is 0 Å². The number of H-pyrrole nitrogens is 1. The molecule has 0 saturated heterocycles. The Labute approximate surface area is 151 Å². The Morgan fingerprint density at radius 3 is 2.15 bits per heavy atom. The smallest absolute Gasteiger partial charge is 0.109 e. The number of nitrogens with zero attached hydrogens (tertiary/aromatic N) is 2. The molecule has 0 spiro atoms. The number of benzene rings is 3. The van der Waals surface area contributed by atoms with Crippen molar-refractivity contribution in [3.05, 3.63) is 84.6 Å². The Bertz CT molecular complexity index is 1240. The van der Waals surface area contributed by atoms with Crippen molar-refractivity contribution < 1.29 is 0 Å². The summed E-state index contributed by atoms with van der Waals surface area (Å²) in [4.78, 5) is 13.3. The van der Waals surface area contributed by atoms with Crippen LogP contribution in [0.25, 0.3) is 44.5 Å². The van der Waals surface area contributed by atoms with Gasteiger partial charge in [-0.25, -0.2) is 9.97 Å². The molecule has 26 heavy (non-hydrogen) atoms. The van der Waals surface area contributed by atoms with Gasteiger partial charge >= 0.3 is 0 Å². The molecule has 1 N–H and O–H groups in total. The van der Waals surface area contributed by atoms with Crippen LogP contribution in [0.5, 0.6) is 0 Å². The van der Waals surface area contributed by atoms with Gasteiger partial charge in [-0.15, -0.1) is 0 Å². The molecule has 0 unspecified atom stereocenters. The van der Waals surface area contributed by atoms with Crippen LogP contribution in [0.2, 0.25) is 0 Å².